The number of hydrogen-bond donors (Lipinski definition) is 7. The number of carbonyl (C=O) groups is 7. The van der Waals surface area contributed by atoms with Gasteiger partial charge in [-0.05, 0) is 96.2 Å². The summed E-state index contributed by atoms with van der Waals surface area (Å²) in [5, 5.41) is 56.5. The van der Waals surface area contributed by atoms with Crippen LogP contribution in [0.1, 0.15) is 60.9 Å². The quantitative estimate of drug-likeness (QED) is 0.0247. The Labute approximate surface area is 498 Å². The molecule has 0 spiro atoms. The lowest BCUT2D eigenvalue weighted by molar-refractivity contribution is -0.140. The molecule has 7 N–H and O–H groups in total. The van der Waals surface area contributed by atoms with Crippen molar-refractivity contribution in [2.45, 2.75) is 63.0 Å². The lowest BCUT2D eigenvalue weighted by Gasteiger charge is -2.33. The van der Waals surface area contributed by atoms with Gasteiger partial charge >= 0.3 is 17.9 Å². The fraction of sp³-hybridized carbons (Fsp3) is 0.527. The average Bonchev–Trinajstić information content (AvgIpc) is 3.89. The summed E-state index contributed by atoms with van der Waals surface area (Å²) in [7, 11) is 0. The summed E-state index contributed by atoms with van der Waals surface area (Å²) in [4.78, 5) is 102. The Morgan fingerprint density at radius 3 is 2.04 bits per heavy atom. The molecule has 4 amide bonds. The molecule has 0 bridgehead atoms. The fourth-order valence-electron chi connectivity index (χ4n) is 9.81. The number of carbonyl (C=O) groups excluding carboxylic acids is 4. The molecule has 454 valence electrons. The van der Waals surface area contributed by atoms with E-state index in [9.17, 15) is 62.9 Å². The van der Waals surface area contributed by atoms with Crippen LogP contribution in [0.25, 0.3) is 10.9 Å². The molecule has 4 heterocycles. The molecule has 3 aromatic rings. The van der Waals surface area contributed by atoms with E-state index < -0.39 is 73.1 Å². The highest BCUT2D eigenvalue weighted by Gasteiger charge is 2.47. The molecule has 2 atom stereocenters. The monoisotopic (exact) mass is 1280 g/mol. The number of piperidine rings is 1. The van der Waals surface area contributed by atoms with E-state index in [2.05, 4.69) is 64.5 Å². The number of nitrogens with one attached hydrogen (secondary N) is 4. The number of hydrazone groups is 3. The first-order valence-corrected chi connectivity index (χ1v) is 28.7. The summed E-state index contributed by atoms with van der Waals surface area (Å²) in [6.45, 7) is 1.29. The number of hydrogen-bond acceptors (Lipinski definition) is 19. The number of amides is 4. The third-order valence-corrected chi connectivity index (χ3v) is 15.0. The predicted octanol–water partition coefficient (Wildman–Crippen LogP) is 1.65. The number of likely N-dealkylation sites (tertiary alicyclic amines) is 2. The number of ether oxygens (including phenoxy) is 1. The van der Waals surface area contributed by atoms with Crippen molar-refractivity contribution in [3.63, 3.8) is 0 Å². The van der Waals surface area contributed by atoms with Gasteiger partial charge in [0.2, 0.25) is 17.7 Å². The van der Waals surface area contributed by atoms with Crippen LogP contribution in [-0.4, -0.2) is 246 Å². The van der Waals surface area contributed by atoms with Gasteiger partial charge in [0.15, 0.2) is 0 Å². The number of pyridine rings is 1. The molecule has 84 heavy (non-hydrogen) atoms. The van der Waals surface area contributed by atoms with Crippen LogP contribution in [0.4, 0.5) is 8.78 Å². The van der Waals surface area contributed by atoms with Gasteiger partial charge in [-0.2, -0.15) is 26.1 Å². The second-order valence-corrected chi connectivity index (χ2v) is 21.9. The molecule has 3 fully saturated rings. The Kier molecular flexibility index (Phi) is 26.3. The summed E-state index contributed by atoms with van der Waals surface area (Å²) in [6.07, 6.45) is 8.93. The van der Waals surface area contributed by atoms with Crippen molar-refractivity contribution in [2.24, 2.45) is 21.2 Å². The maximum atomic E-state index is 13.9. The minimum absolute atomic E-state index is 0.0323. The van der Waals surface area contributed by atoms with E-state index in [0.717, 1.165) is 39.7 Å². The second-order valence-electron chi connectivity index (χ2n) is 20.6. The van der Waals surface area contributed by atoms with Gasteiger partial charge in [-0.1, -0.05) is 12.1 Å². The molecule has 3 aliphatic rings. The Balaban J connectivity index is 0.956. The minimum Gasteiger partial charge on any atom is -0.494 e. The van der Waals surface area contributed by atoms with Crippen molar-refractivity contribution in [3.8, 4) is 11.8 Å². The minimum atomic E-state index is -3.18. The van der Waals surface area contributed by atoms with Crippen LogP contribution in [0, 0.1) is 20.8 Å². The molecule has 3 aliphatic heterocycles. The van der Waals surface area contributed by atoms with E-state index in [1.54, 1.807) is 45.2 Å². The Bertz CT molecular complexity index is 2820. The third kappa shape index (κ3) is 22.9. The van der Waals surface area contributed by atoms with Crippen molar-refractivity contribution in [3.05, 3.63) is 69.4 Å². The van der Waals surface area contributed by atoms with Gasteiger partial charge in [0.05, 0.1) is 75.3 Å². The lowest BCUT2D eigenvalue weighted by Crippen LogP contribution is -2.50. The zero-order valence-corrected chi connectivity index (χ0v) is 48.7. The number of halogens is 3. The van der Waals surface area contributed by atoms with E-state index in [-0.39, 0.29) is 109 Å². The number of fused-ring (bicyclic) bond motifs is 1. The zero-order chi connectivity index (χ0) is 60.4. The number of alkyl halides is 2. The van der Waals surface area contributed by atoms with Gasteiger partial charge in [-0.3, -0.25) is 58.1 Å². The molecular formula is C55H72F2IN15O11. The summed E-state index contributed by atoms with van der Waals surface area (Å²) in [5.41, 5.74) is 7.11. The molecule has 3 saturated heterocycles. The zero-order valence-electron chi connectivity index (χ0n) is 46.5. The molecule has 1 aromatic heterocycles. The van der Waals surface area contributed by atoms with Crippen molar-refractivity contribution >= 4 is 93.7 Å². The molecule has 26 nitrogen and oxygen atoms in total. The van der Waals surface area contributed by atoms with Gasteiger partial charge in [0.1, 0.15) is 11.8 Å². The molecule has 0 radical (unpaired) electrons. The Hall–Kier alpha value is -7.53. The highest BCUT2D eigenvalue weighted by Crippen LogP contribution is 2.32. The van der Waals surface area contributed by atoms with Gasteiger partial charge in [-0.15, -0.1) is 0 Å². The van der Waals surface area contributed by atoms with Crippen LogP contribution in [0.5, 0.6) is 5.75 Å². The topological polar surface area (TPSA) is 331 Å². The highest BCUT2D eigenvalue weighted by atomic mass is 127. The molecule has 0 saturated carbocycles. The molecule has 2 aromatic carbocycles. The third-order valence-electron chi connectivity index (χ3n) is 14.3. The van der Waals surface area contributed by atoms with Crippen LogP contribution < -0.4 is 26.3 Å². The number of benzene rings is 2. The van der Waals surface area contributed by atoms with Crippen LogP contribution >= 0.6 is 22.6 Å². The molecule has 29 heteroatoms. The van der Waals surface area contributed by atoms with E-state index in [1.165, 1.54) is 24.7 Å². The maximum absolute atomic E-state index is 13.9. The van der Waals surface area contributed by atoms with Crippen LogP contribution in [0.3, 0.4) is 0 Å². The number of rotatable bonds is 27. The van der Waals surface area contributed by atoms with Gasteiger partial charge in [0.25, 0.3) is 11.8 Å². The summed E-state index contributed by atoms with van der Waals surface area (Å²) in [5.74, 6) is -7.29. The number of carboxylic acid groups (broad SMARTS) is 3. The standard InChI is InChI=1S/C55H72F2IN15O11/c56-55(57)29-43(30-59)73(38-55)50(76)33-61-54(83)45-10-14-60-47-8-7-44(28-46(45)47)84-27-1-2-39-12-17-72(18-13-39)49(75)11-16-62-64-32-42(9-15-63-67-65-31-40-3-5-41(58)6-4-40)66-48(74)34-68-19-21-69(35-51(77)78)23-25-71(37-53(81)82)26-24-70(22-20-68)36-52(79)80/h3-8,10,14-15,28,31-32,39,42-43,62,67H,1-2,9,11-13,16-27,29,33-38H2,(H,61,83)(H,66,74)(H,77,78)(H,79,80)(H,81,82)/b63-15+,64-32-,65-31+/t42?,43-/m1/s1. The number of carboxylic acids is 3. The normalized spacial score (nSPS) is 18.5. The van der Waals surface area contributed by atoms with Gasteiger partial charge < -0.3 is 45.9 Å². The largest absolute Gasteiger partial charge is 0.494 e. The molecular weight excluding hydrogens is 1210 g/mol. The van der Waals surface area contributed by atoms with E-state index in [1.807, 2.05) is 34.1 Å². The fourth-order valence-corrected chi connectivity index (χ4v) is 10.2. The van der Waals surface area contributed by atoms with Crippen molar-refractivity contribution in [1.29, 1.82) is 5.26 Å². The Morgan fingerprint density at radius 2 is 1.43 bits per heavy atom. The summed E-state index contributed by atoms with van der Waals surface area (Å²) >= 11 is 2.21. The van der Waals surface area contributed by atoms with Crippen LogP contribution in [-0.2, 0) is 28.8 Å². The van der Waals surface area contributed by atoms with Gasteiger partial charge in [-0.25, -0.2) is 8.78 Å². The number of aliphatic carboxylic acids is 3. The molecule has 0 aliphatic carbocycles. The summed E-state index contributed by atoms with van der Waals surface area (Å²) < 4.78 is 34.9. The van der Waals surface area contributed by atoms with Gasteiger partial charge in [0, 0.05) is 119 Å². The smallest absolute Gasteiger partial charge is 0.317 e. The van der Waals surface area contributed by atoms with E-state index in [0.29, 0.717) is 42.3 Å². The lowest BCUT2D eigenvalue weighted by atomic mass is 9.92. The number of aromatic nitrogens is 1. The van der Waals surface area contributed by atoms with Crippen LogP contribution in [0.2, 0.25) is 0 Å². The predicted molar refractivity (Wildman–Crippen MR) is 313 cm³/mol. The number of nitrogens with zero attached hydrogens (tertiary/aromatic N) is 11. The first-order valence-electron chi connectivity index (χ1n) is 27.6. The number of nitriles is 1. The van der Waals surface area contributed by atoms with Crippen LogP contribution in [0.15, 0.2) is 70.0 Å². The first kappa shape index (κ1) is 65.6. The molecule has 6 rings (SSSR count). The van der Waals surface area contributed by atoms with Crippen molar-refractivity contribution in [1.82, 2.24) is 56.0 Å². The Morgan fingerprint density at radius 1 is 0.810 bits per heavy atom. The SMILES string of the molecule is N#C[C@H]1CC(F)(F)CN1C(=O)CNC(=O)c1ccnc2ccc(OCCCC3CCN(C(=O)CCN/N=C\C(C/C=N/N/N=C/c4ccc(I)cc4)NC(=O)CN4CCN(CC(=O)O)CCN(CC(=O)O)CCN(CC(=O)O)CC4)CC3)cc12. The van der Waals surface area contributed by atoms with E-state index in [4.69, 9.17) is 4.74 Å². The summed E-state index contributed by atoms with van der Waals surface area (Å²) in [6, 6.07) is 14.1. The van der Waals surface area contributed by atoms with E-state index >= 15 is 0 Å². The van der Waals surface area contributed by atoms with Crippen molar-refractivity contribution in [2.75, 3.05) is 118 Å². The first-order chi connectivity index (χ1) is 40.3. The second kappa shape index (κ2) is 33.7. The molecule has 1 unspecified atom stereocenters. The van der Waals surface area contributed by atoms with Crippen molar-refractivity contribution < 1.29 is 62.4 Å². The average molecular weight is 1280 g/mol. The maximum Gasteiger partial charge on any atom is 0.317 e. The highest BCUT2D eigenvalue weighted by molar-refractivity contribution is 14.1.